The van der Waals surface area contributed by atoms with Crippen LogP contribution < -0.4 is 10.9 Å². The number of carbonyl (C=O) groups is 2. The van der Waals surface area contributed by atoms with E-state index >= 15 is 0 Å². The van der Waals surface area contributed by atoms with Gasteiger partial charge in [0.15, 0.2) is 5.69 Å². The number of carbonyl (C=O) groups excluding carboxylic acids is 2. The Morgan fingerprint density at radius 2 is 1.79 bits per heavy atom. The second kappa shape index (κ2) is 15.2. The summed E-state index contributed by atoms with van der Waals surface area (Å²) >= 11 is 0. The molecule has 2 amide bonds. The average molecular weight is 549 g/mol. The minimum absolute atomic E-state index is 0.0306. The highest BCUT2D eigenvalue weighted by molar-refractivity contribution is 5.94. The van der Waals surface area contributed by atoms with Crippen LogP contribution in [0.25, 0.3) is 0 Å². The SMILES string of the molecule is CCCCOCCCCC(c1nc(C(=O)NCc2ccc(F)cc2)c(O)c(=O)[nH]1)N(CC)C(=O)OC(C)(C)C. The van der Waals surface area contributed by atoms with Gasteiger partial charge in [-0.05, 0) is 71.1 Å². The van der Waals surface area contributed by atoms with Crippen molar-refractivity contribution < 1.29 is 28.6 Å². The molecule has 0 bridgehead atoms. The largest absolute Gasteiger partial charge is 0.501 e. The zero-order valence-corrected chi connectivity index (χ0v) is 23.5. The van der Waals surface area contributed by atoms with E-state index < -0.39 is 46.5 Å². The Morgan fingerprint density at radius 1 is 1.13 bits per heavy atom. The molecule has 1 aromatic carbocycles. The molecule has 3 N–H and O–H groups in total. The van der Waals surface area contributed by atoms with Gasteiger partial charge in [-0.3, -0.25) is 14.5 Å². The van der Waals surface area contributed by atoms with Gasteiger partial charge in [0.05, 0.1) is 6.04 Å². The van der Waals surface area contributed by atoms with Gasteiger partial charge in [0.2, 0.25) is 5.75 Å². The molecular formula is C28H41FN4O6. The summed E-state index contributed by atoms with van der Waals surface area (Å²) in [6.07, 6.45) is 3.21. The molecule has 0 aliphatic heterocycles. The number of halogens is 1. The smallest absolute Gasteiger partial charge is 0.410 e. The van der Waals surface area contributed by atoms with E-state index in [1.54, 1.807) is 27.7 Å². The van der Waals surface area contributed by atoms with Gasteiger partial charge in [-0.2, -0.15) is 0 Å². The van der Waals surface area contributed by atoms with E-state index in [1.165, 1.54) is 29.2 Å². The Bertz CT molecular complexity index is 1130. The molecule has 0 aliphatic rings. The summed E-state index contributed by atoms with van der Waals surface area (Å²) in [7, 11) is 0. The highest BCUT2D eigenvalue weighted by Crippen LogP contribution is 2.27. The summed E-state index contributed by atoms with van der Waals surface area (Å²) in [5.74, 6) is -1.97. The topological polar surface area (TPSA) is 134 Å². The number of nitrogens with zero attached hydrogens (tertiary/aromatic N) is 2. The highest BCUT2D eigenvalue weighted by atomic mass is 19.1. The van der Waals surface area contributed by atoms with Crippen molar-refractivity contribution in [3.63, 3.8) is 0 Å². The highest BCUT2D eigenvalue weighted by Gasteiger charge is 2.31. The summed E-state index contributed by atoms with van der Waals surface area (Å²) in [5.41, 5.74) is -1.50. The fraction of sp³-hybridized carbons (Fsp3) is 0.571. The van der Waals surface area contributed by atoms with Gasteiger partial charge >= 0.3 is 6.09 Å². The minimum atomic E-state index is -0.903. The Morgan fingerprint density at radius 3 is 2.41 bits per heavy atom. The van der Waals surface area contributed by atoms with E-state index in [0.29, 0.717) is 31.6 Å². The molecule has 0 saturated heterocycles. The Labute approximate surface area is 228 Å². The summed E-state index contributed by atoms with van der Waals surface area (Å²) in [5, 5.41) is 12.9. The first-order chi connectivity index (χ1) is 18.5. The number of benzene rings is 1. The molecule has 39 heavy (non-hydrogen) atoms. The van der Waals surface area contributed by atoms with E-state index in [-0.39, 0.29) is 18.9 Å². The molecule has 2 rings (SSSR count). The maximum absolute atomic E-state index is 13.2. The fourth-order valence-corrected chi connectivity index (χ4v) is 3.80. The van der Waals surface area contributed by atoms with Gasteiger partial charge in [0.25, 0.3) is 11.5 Å². The third-order valence-corrected chi connectivity index (χ3v) is 5.81. The van der Waals surface area contributed by atoms with Gasteiger partial charge in [0.1, 0.15) is 17.2 Å². The second-order valence-corrected chi connectivity index (χ2v) is 10.2. The monoisotopic (exact) mass is 548 g/mol. The molecule has 10 nitrogen and oxygen atoms in total. The molecule has 0 aliphatic carbocycles. The van der Waals surface area contributed by atoms with Gasteiger partial charge < -0.3 is 24.9 Å². The van der Waals surface area contributed by atoms with Crippen molar-refractivity contribution in [3.8, 4) is 5.75 Å². The van der Waals surface area contributed by atoms with Crippen LogP contribution >= 0.6 is 0 Å². The maximum atomic E-state index is 13.2. The van der Waals surface area contributed by atoms with Crippen molar-refractivity contribution in [1.82, 2.24) is 20.2 Å². The Balaban J connectivity index is 2.30. The first-order valence-corrected chi connectivity index (χ1v) is 13.4. The van der Waals surface area contributed by atoms with E-state index in [0.717, 1.165) is 19.3 Å². The third-order valence-electron chi connectivity index (χ3n) is 5.81. The molecular weight excluding hydrogens is 507 g/mol. The number of aromatic hydroxyl groups is 1. The number of amides is 2. The number of nitrogens with one attached hydrogen (secondary N) is 2. The van der Waals surface area contributed by atoms with Crippen molar-refractivity contribution in [1.29, 1.82) is 0 Å². The molecule has 1 heterocycles. The van der Waals surface area contributed by atoms with E-state index in [4.69, 9.17) is 9.47 Å². The summed E-state index contributed by atoms with van der Waals surface area (Å²) in [4.78, 5) is 46.9. The molecule has 1 unspecified atom stereocenters. The number of rotatable bonds is 14. The van der Waals surface area contributed by atoms with E-state index in [9.17, 15) is 23.9 Å². The van der Waals surface area contributed by atoms with Crippen molar-refractivity contribution in [2.75, 3.05) is 19.8 Å². The molecule has 0 saturated carbocycles. The molecule has 1 atom stereocenters. The van der Waals surface area contributed by atoms with Crippen LogP contribution in [0.2, 0.25) is 0 Å². The number of H-pyrrole nitrogens is 1. The van der Waals surface area contributed by atoms with Crippen LogP contribution in [-0.2, 0) is 16.0 Å². The zero-order chi connectivity index (χ0) is 29.0. The van der Waals surface area contributed by atoms with Crippen molar-refractivity contribution in [2.24, 2.45) is 0 Å². The third kappa shape index (κ3) is 10.3. The lowest BCUT2D eigenvalue weighted by Crippen LogP contribution is -2.40. The lowest BCUT2D eigenvalue weighted by Gasteiger charge is -2.32. The van der Waals surface area contributed by atoms with Gasteiger partial charge in [-0.25, -0.2) is 14.2 Å². The van der Waals surface area contributed by atoms with E-state index in [2.05, 4.69) is 22.2 Å². The summed E-state index contributed by atoms with van der Waals surface area (Å²) in [6, 6.07) is 4.82. The number of unbranched alkanes of at least 4 members (excludes halogenated alkanes) is 2. The average Bonchev–Trinajstić information content (AvgIpc) is 2.87. The Kier molecular flexibility index (Phi) is 12.4. The van der Waals surface area contributed by atoms with Gasteiger partial charge in [-0.1, -0.05) is 25.5 Å². The van der Waals surface area contributed by atoms with Gasteiger partial charge in [-0.15, -0.1) is 0 Å². The quantitative estimate of drug-likeness (QED) is 0.288. The number of hydrogen-bond acceptors (Lipinski definition) is 7. The van der Waals surface area contributed by atoms with E-state index in [1.807, 2.05) is 0 Å². The molecule has 11 heteroatoms. The van der Waals surface area contributed by atoms with Crippen molar-refractivity contribution in [3.05, 3.63) is 57.5 Å². The number of aromatic amines is 1. The first kappa shape index (κ1) is 31.7. The van der Waals surface area contributed by atoms with Crippen LogP contribution in [-0.4, -0.2) is 57.3 Å². The summed E-state index contributed by atoms with van der Waals surface area (Å²) < 4.78 is 24.4. The molecule has 0 spiro atoms. The standard InChI is InChI=1S/C28H41FN4O6/c1-6-8-16-38-17-10-9-11-21(33(7-2)27(37)39-28(3,4)5)24-31-22(23(34)26(36)32-24)25(35)30-18-19-12-14-20(29)15-13-19/h12-15,21,34H,6-11,16-18H2,1-5H3,(H,30,35)(H,31,32,36). The molecule has 216 valence electrons. The lowest BCUT2D eigenvalue weighted by molar-refractivity contribution is 0.0147. The number of ether oxygens (including phenoxy) is 2. The Hall–Kier alpha value is -3.47. The molecule has 1 aromatic heterocycles. The first-order valence-electron chi connectivity index (χ1n) is 13.4. The summed E-state index contributed by atoms with van der Waals surface area (Å²) in [6.45, 7) is 10.7. The van der Waals surface area contributed by atoms with Crippen LogP contribution in [0.5, 0.6) is 5.75 Å². The van der Waals surface area contributed by atoms with Crippen LogP contribution in [0.15, 0.2) is 29.1 Å². The molecule has 0 fully saturated rings. The van der Waals surface area contributed by atoms with Crippen LogP contribution in [0.4, 0.5) is 9.18 Å². The maximum Gasteiger partial charge on any atom is 0.410 e. The zero-order valence-electron chi connectivity index (χ0n) is 23.5. The minimum Gasteiger partial charge on any atom is -0.501 e. The van der Waals surface area contributed by atoms with Gasteiger partial charge in [0, 0.05) is 26.3 Å². The normalized spacial score (nSPS) is 12.2. The van der Waals surface area contributed by atoms with Crippen LogP contribution in [0.3, 0.4) is 0 Å². The van der Waals surface area contributed by atoms with Crippen molar-refractivity contribution >= 4 is 12.0 Å². The predicted molar refractivity (Wildman–Crippen MR) is 145 cm³/mol. The predicted octanol–water partition coefficient (Wildman–Crippen LogP) is 4.83. The molecule has 0 radical (unpaired) electrons. The molecule has 2 aromatic rings. The number of aromatic nitrogens is 2. The van der Waals surface area contributed by atoms with Crippen molar-refractivity contribution in [2.45, 2.75) is 84.9 Å². The second-order valence-electron chi connectivity index (χ2n) is 10.2. The van der Waals surface area contributed by atoms with Crippen LogP contribution in [0, 0.1) is 5.82 Å². The fourth-order valence-electron chi connectivity index (χ4n) is 3.80. The van der Waals surface area contributed by atoms with Crippen LogP contribution in [0.1, 0.15) is 94.6 Å². The number of hydrogen-bond donors (Lipinski definition) is 3. The lowest BCUT2D eigenvalue weighted by atomic mass is 10.1.